The molecule has 0 bridgehead atoms. The second-order valence-electron chi connectivity index (χ2n) is 6.58. The minimum Gasteiger partial charge on any atom is -0.456 e. The molecule has 29 heavy (non-hydrogen) atoms. The highest BCUT2D eigenvalue weighted by atomic mass is 32.2. The number of para-hydroxylation sites is 1. The molecule has 1 atom stereocenters. The van der Waals surface area contributed by atoms with Gasteiger partial charge < -0.3 is 4.42 Å². The first-order chi connectivity index (χ1) is 13.7. The fourth-order valence-electron chi connectivity index (χ4n) is 3.32. The minimum atomic E-state index is -3.15. The summed E-state index contributed by atoms with van der Waals surface area (Å²) < 4.78 is 29.5. The average molecular weight is 451 g/mol. The number of sulfone groups is 1. The smallest absolute Gasteiger partial charge is 0.280 e. The molecule has 1 amide bonds. The normalized spacial score (nSPS) is 22.6. The van der Waals surface area contributed by atoms with Crippen molar-refractivity contribution in [3.8, 4) is 11.3 Å². The number of hydrogen-bond donors (Lipinski definition) is 0. The predicted octanol–water partition coefficient (Wildman–Crippen LogP) is 3.24. The van der Waals surface area contributed by atoms with E-state index >= 15 is 0 Å². The molecule has 1 aromatic carbocycles. The molecule has 0 unspecified atom stereocenters. The lowest BCUT2D eigenvalue weighted by Gasteiger charge is -2.20. The lowest BCUT2D eigenvalue weighted by molar-refractivity contribution is -0.384. The van der Waals surface area contributed by atoms with E-state index in [4.69, 9.17) is 16.6 Å². The van der Waals surface area contributed by atoms with Gasteiger partial charge in [-0.1, -0.05) is 36.1 Å². The molecule has 1 aromatic heterocycles. The number of furan rings is 1. The summed E-state index contributed by atoms with van der Waals surface area (Å²) in [5.74, 6) is 0.254. The molecule has 2 saturated heterocycles. The van der Waals surface area contributed by atoms with Crippen LogP contribution < -0.4 is 0 Å². The molecular weight excluding hydrogens is 436 g/mol. The molecule has 0 radical (unpaired) electrons. The van der Waals surface area contributed by atoms with Gasteiger partial charge in [0, 0.05) is 12.1 Å². The van der Waals surface area contributed by atoms with E-state index in [2.05, 4.69) is 0 Å². The van der Waals surface area contributed by atoms with Gasteiger partial charge in [0.15, 0.2) is 9.84 Å². The van der Waals surface area contributed by atoms with Gasteiger partial charge in [0.25, 0.3) is 11.6 Å². The third-order valence-corrected chi connectivity index (χ3v) is 7.74. The van der Waals surface area contributed by atoms with E-state index in [9.17, 15) is 23.3 Å². The van der Waals surface area contributed by atoms with Crippen LogP contribution in [0.15, 0.2) is 45.7 Å². The van der Waals surface area contributed by atoms with Gasteiger partial charge in [-0.3, -0.25) is 19.8 Å². The first kappa shape index (κ1) is 19.8. The molecule has 8 nitrogen and oxygen atoms in total. The summed E-state index contributed by atoms with van der Waals surface area (Å²) in [4.78, 5) is 25.2. The van der Waals surface area contributed by atoms with Crippen LogP contribution in [0.1, 0.15) is 12.2 Å². The van der Waals surface area contributed by atoms with Crippen LogP contribution in [0, 0.1) is 10.1 Å². The van der Waals surface area contributed by atoms with Crippen LogP contribution in [0.3, 0.4) is 0 Å². The number of thioether (sulfide) groups is 1. The quantitative estimate of drug-likeness (QED) is 0.302. The van der Waals surface area contributed by atoms with E-state index in [1.165, 1.54) is 17.0 Å². The van der Waals surface area contributed by atoms with Crippen molar-refractivity contribution in [2.75, 3.05) is 11.5 Å². The second-order valence-corrected chi connectivity index (χ2v) is 10.5. The van der Waals surface area contributed by atoms with Crippen LogP contribution in [-0.4, -0.2) is 46.0 Å². The van der Waals surface area contributed by atoms with Crippen molar-refractivity contribution < 1.29 is 22.6 Å². The van der Waals surface area contributed by atoms with Crippen molar-refractivity contribution in [1.29, 1.82) is 0 Å². The third-order valence-electron chi connectivity index (χ3n) is 4.66. The SMILES string of the molecule is O=C1/C(=C\c2ccc(-c3ccccc3[N+](=O)[O-])o2)SC(=S)N1[C@H]1CCS(=O)(=O)C1. The Morgan fingerprint density at radius 2 is 2.03 bits per heavy atom. The van der Waals surface area contributed by atoms with Crippen LogP contribution in [0.4, 0.5) is 5.69 Å². The van der Waals surface area contributed by atoms with Crippen LogP contribution >= 0.6 is 24.0 Å². The molecule has 2 fully saturated rings. The Balaban J connectivity index is 1.59. The number of nitro groups is 1. The number of carbonyl (C=O) groups excluding carboxylic acids is 1. The van der Waals surface area contributed by atoms with Gasteiger partial charge in [0.05, 0.1) is 32.9 Å². The monoisotopic (exact) mass is 450 g/mol. The molecule has 0 saturated carbocycles. The fraction of sp³-hybridized carbons (Fsp3) is 0.222. The second kappa shape index (κ2) is 7.39. The molecule has 2 aliphatic rings. The maximum Gasteiger partial charge on any atom is 0.280 e. The molecule has 2 aliphatic heterocycles. The summed E-state index contributed by atoms with van der Waals surface area (Å²) >= 11 is 6.36. The van der Waals surface area contributed by atoms with Crippen molar-refractivity contribution in [3.05, 3.63) is 57.2 Å². The highest BCUT2D eigenvalue weighted by Gasteiger charge is 2.42. The number of thiocarbonyl (C=S) groups is 1. The first-order valence-corrected chi connectivity index (χ1v) is 11.6. The highest BCUT2D eigenvalue weighted by Crippen LogP contribution is 2.37. The van der Waals surface area contributed by atoms with Crippen LogP contribution in [0.25, 0.3) is 17.4 Å². The minimum absolute atomic E-state index is 0.0468. The fourth-order valence-corrected chi connectivity index (χ4v) is 6.40. The largest absolute Gasteiger partial charge is 0.456 e. The standard InChI is InChI=1S/C18H14N2O6S3/c21-17-16(28-18(27)19(17)11-7-8-29(24,25)10-11)9-12-5-6-15(26-12)13-3-1-2-4-14(13)20(22)23/h1-6,9,11H,7-8,10H2/b16-9+/t11-/m0/s1. The maximum atomic E-state index is 12.8. The Kier molecular flexibility index (Phi) is 5.05. The van der Waals surface area contributed by atoms with E-state index in [1.54, 1.807) is 30.3 Å². The molecule has 2 aromatic rings. The summed E-state index contributed by atoms with van der Waals surface area (Å²) in [7, 11) is -3.15. The van der Waals surface area contributed by atoms with Gasteiger partial charge in [-0.25, -0.2) is 8.42 Å². The number of nitro benzene ring substituents is 1. The summed E-state index contributed by atoms with van der Waals surface area (Å²) in [5.41, 5.74) is 0.253. The van der Waals surface area contributed by atoms with Crippen molar-refractivity contribution in [1.82, 2.24) is 4.90 Å². The van der Waals surface area contributed by atoms with E-state index in [1.807, 2.05) is 0 Å². The first-order valence-electron chi connectivity index (χ1n) is 8.56. The molecule has 0 N–H and O–H groups in total. The molecule has 150 valence electrons. The number of rotatable bonds is 4. The number of amides is 1. The third kappa shape index (κ3) is 3.85. The Morgan fingerprint density at radius 1 is 1.28 bits per heavy atom. The zero-order chi connectivity index (χ0) is 20.8. The number of carbonyl (C=O) groups is 1. The van der Waals surface area contributed by atoms with Gasteiger partial charge in [-0.15, -0.1) is 0 Å². The lowest BCUT2D eigenvalue weighted by atomic mass is 10.1. The van der Waals surface area contributed by atoms with Gasteiger partial charge in [0.1, 0.15) is 15.8 Å². The predicted molar refractivity (Wildman–Crippen MR) is 113 cm³/mol. The summed E-state index contributed by atoms with van der Waals surface area (Å²) in [5, 5.41) is 11.2. The van der Waals surface area contributed by atoms with Crippen LogP contribution in [-0.2, 0) is 14.6 Å². The molecular formula is C18H14N2O6S3. The van der Waals surface area contributed by atoms with Gasteiger partial charge in [-0.2, -0.15) is 0 Å². The van der Waals surface area contributed by atoms with Crippen molar-refractivity contribution in [3.63, 3.8) is 0 Å². The molecule has 0 spiro atoms. The van der Waals surface area contributed by atoms with Crippen LogP contribution in [0.2, 0.25) is 0 Å². The zero-order valence-corrected chi connectivity index (χ0v) is 17.3. The number of benzene rings is 1. The Hall–Kier alpha value is -2.50. The van der Waals surface area contributed by atoms with Gasteiger partial charge in [-0.05, 0) is 24.6 Å². The van der Waals surface area contributed by atoms with E-state index < -0.39 is 20.8 Å². The molecule has 0 aliphatic carbocycles. The summed E-state index contributed by atoms with van der Waals surface area (Å²) in [6.07, 6.45) is 1.88. The average Bonchev–Trinajstić information content (AvgIpc) is 3.34. The Bertz CT molecular complexity index is 1170. The number of nitrogens with zero attached hydrogens (tertiary/aromatic N) is 2. The van der Waals surface area contributed by atoms with Crippen LogP contribution in [0.5, 0.6) is 0 Å². The van der Waals surface area contributed by atoms with Crippen molar-refractivity contribution in [2.45, 2.75) is 12.5 Å². The number of hydrogen-bond acceptors (Lipinski definition) is 8. The summed E-state index contributed by atoms with van der Waals surface area (Å²) in [6, 6.07) is 8.97. The molecule has 3 heterocycles. The Labute approximate surface area is 175 Å². The van der Waals surface area contributed by atoms with Gasteiger partial charge >= 0.3 is 0 Å². The zero-order valence-electron chi connectivity index (χ0n) is 14.8. The lowest BCUT2D eigenvalue weighted by Crippen LogP contribution is -2.39. The van der Waals surface area contributed by atoms with Crippen molar-refractivity contribution >= 4 is 55.8 Å². The van der Waals surface area contributed by atoms with Crippen molar-refractivity contribution in [2.24, 2.45) is 0 Å². The van der Waals surface area contributed by atoms with Gasteiger partial charge in [0.2, 0.25) is 0 Å². The molecule has 11 heteroatoms. The summed E-state index contributed by atoms with van der Waals surface area (Å²) in [6.45, 7) is 0. The van der Waals surface area contributed by atoms with E-state index in [0.717, 1.165) is 11.8 Å². The maximum absolute atomic E-state index is 12.8. The van der Waals surface area contributed by atoms with E-state index in [0.29, 0.717) is 32.7 Å². The Morgan fingerprint density at radius 3 is 2.72 bits per heavy atom. The van der Waals surface area contributed by atoms with E-state index in [-0.39, 0.29) is 23.1 Å². The highest BCUT2D eigenvalue weighted by molar-refractivity contribution is 8.26. The topological polar surface area (TPSA) is 111 Å². The molecule has 4 rings (SSSR count).